The van der Waals surface area contributed by atoms with Crippen molar-refractivity contribution in [3.05, 3.63) is 23.3 Å². The Labute approximate surface area is 210 Å². The van der Waals surface area contributed by atoms with Crippen LogP contribution in [0.5, 0.6) is 5.75 Å². The molecule has 1 heterocycles. The summed E-state index contributed by atoms with van der Waals surface area (Å²) < 4.78 is 38.4. The minimum Gasteiger partial charge on any atom is -0.497 e. The largest absolute Gasteiger partial charge is 0.497 e. The summed E-state index contributed by atoms with van der Waals surface area (Å²) in [7, 11) is 1.28. The van der Waals surface area contributed by atoms with Crippen molar-refractivity contribution in [2.75, 3.05) is 67.1 Å². The number of sulfonamides is 1. The van der Waals surface area contributed by atoms with Crippen LogP contribution in [0.1, 0.15) is 36.8 Å². The molecule has 1 aromatic carbocycles. The summed E-state index contributed by atoms with van der Waals surface area (Å²) in [5.41, 5.74) is 1.27. The smallest absolute Gasteiger partial charge is 0.248 e. The molecule has 9 nitrogen and oxygen atoms in total. The fraction of sp³-hybridized carbons (Fsp3) is 0.720. The average molecular weight is 511 g/mol. The molecule has 35 heavy (non-hydrogen) atoms. The lowest BCUT2D eigenvalue weighted by Crippen LogP contribution is -2.52. The van der Waals surface area contributed by atoms with Gasteiger partial charge in [-0.1, -0.05) is 0 Å². The number of carbonyl (C=O) groups is 1. The number of hydrogen-bond acceptors (Lipinski definition) is 7. The maximum Gasteiger partial charge on any atom is 0.248 e. The van der Waals surface area contributed by atoms with Gasteiger partial charge in [0.2, 0.25) is 15.9 Å². The Morgan fingerprint density at radius 1 is 1.14 bits per heavy atom. The second-order valence-corrected chi connectivity index (χ2v) is 11.7. The number of carbonyl (C=O) groups excluding carboxylic acids is 1. The highest BCUT2D eigenvalue weighted by atomic mass is 32.2. The fourth-order valence-corrected chi connectivity index (χ4v) is 6.80. The summed E-state index contributed by atoms with van der Waals surface area (Å²) in [4.78, 5) is 17.4. The molecule has 198 valence electrons. The van der Waals surface area contributed by atoms with Crippen molar-refractivity contribution >= 4 is 15.9 Å². The van der Waals surface area contributed by atoms with E-state index in [1.54, 1.807) is 33.1 Å². The molecule has 1 saturated heterocycles. The molecule has 2 fully saturated rings. The summed E-state index contributed by atoms with van der Waals surface area (Å²) in [6.45, 7) is 8.01. The standard InChI is InChI=1S/C25H42N4O5S/c1-19-15-23(33-5)16-20(2)25(19)35(31,32)27(3)13-14-34-18-24(30)28(4)21-7-6-8-22(17-21)29-11-9-26-10-12-29/h15-16,21-22,26H,6-14,17-18H2,1-5H3/t21?,22-/m0/s1. The van der Waals surface area contributed by atoms with E-state index in [2.05, 4.69) is 10.2 Å². The molecule has 10 heteroatoms. The summed E-state index contributed by atoms with van der Waals surface area (Å²) in [5.74, 6) is 0.577. The first-order valence-corrected chi connectivity index (χ1v) is 14.0. The number of ether oxygens (including phenoxy) is 2. The lowest BCUT2D eigenvalue weighted by Gasteiger charge is -2.42. The van der Waals surface area contributed by atoms with Crippen LogP contribution in [0.3, 0.4) is 0 Å². The highest BCUT2D eigenvalue weighted by molar-refractivity contribution is 7.89. The first-order valence-electron chi connectivity index (χ1n) is 12.5. The van der Waals surface area contributed by atoms with Crippen LogP contribution < -0.4 is 10.1 Å². The monoisotopic (exact) mass is 510 g/mol. The topological polar surface area (TPSA) is 91.4 Å². The van der Waals surface area contributed by atoms with Gasteiger partial charge in [-0.15, -0.1) is 0 Å². The molecule has 1 unspecified atom stereocenters. The van der Waals surface area contributed by atoms with Crippen molar-refractivity contribution in [3.8, 4) is 5.75 Å². The van der Waals surface area contributed by atoms with E-state index in [4.69, 9.17) is 9.47 Å². The molecule has 2 aliphatic rings. The van der Waals surface area contributed by atoms with Gasteiger partial charge in [0, 0.05) is 58.9 Å². The number of piperazine rings is 1. The zero-order valence-corrected chi connectivity index (χ0v) is 22.7. The highest BCUT2D eigenvalue weighted by Gasteiger charge is 2.31. The Morgan fingerprint density at radius 2 is 1.80 bits per heavy atom. The van der Waals surface area contributed by atoms with Gasteiger partial charge in [0.1, 0.15) is 12.4 Å². The van der Waals surface area contributed by atoms with E-state index < -0.39 is 10.0 Å². The maximum atomic E-state index is 13.1. The molecule has 0 bridgehead atoms. The van der Waals surface area contributed by atoms with Crippen LogP contribution in [0.15, 0.2) is 17.0 Å². The van der Waals surface area contributed by atoms with Gasteiger partial charge in [0.25, 0.3) is 0 Å². The predicted octanol–water partition coefficient (Wildman–Crippen LogP) is 1.62. The lowest BCUT2D eigenvalue weighted by molar-refractivity contribution is -0.138. The Hall–Kier alpha value is -1.72. The van der Waals surface area contributed by atoms with Crippen molar-refractivity contribution in [1.29, 1.82) is 0 Å². The molecule has 0 aromatic heterocycles. The third-order valence-corrected chi connectivity index (χ3v) is 9.50. The third kappa shape index (κ3) is 6.95. The number of nitrogens with one attached hydrogen (secondary N) is 1. The molecule has 0 spiro atoms. The fourth-order valence-electron chi connectivity index (χ4n) is 5.24. The molecule has 0 radical (unpaired) electrons. The molecule has 1 saturated carbocycles. The Bertz CT molecular complexity index is 942. The minimum atomic E-state index is -3.68. The van der Waals surface area contributed by atoms with E-state index in [0.29, 0.717) is 22.9 Å². The molecular formula is C25H42N4O5S. The van der Waals surface area contributed by atoms with Crippen LogP contribution in [0.25, 0.3) is 0 Å². The Balaban J connectivity index is 1.47. The number of methoxy groups -OCH3 is 1. The van der Waals surface area contributed by atoms with Gasteiger partial charge < -0.3 is 19.7 Å². The Morgan fingerprint density at radius 3 is 2.43 bits per heavy atom. The first-order chi connectivity index (χ1) is 16.6. The van der Waals surface area contributed by atoms with Crippen molar-refractivity contribution in [2.24, 2.45) is 0 Å². The second-order valence-electron chi connectivity index (χ2n) is 9.73. The molecule has 1 aliphatic heterocycles. The highest BCUT2D eigenvalue weighted by Crippen LogP contribution is 2.28. The van der Waals surface area contributed by atoms with Crippen molar-refractivity contribution in [1.82, 2.24) is 19.4 Å². The van der Waals surface area contributed by atoms with Gasteiger partial charge in [0.05, 0.1) is 18.6 Å². The van der Waals surface area contributed by atoms with Gasteiger partial charge in [-0.05, 0) is 62.8 Å². The van der Waals surface area contributed by atoms with E-state index >= 15 is 0 Å². The zero-order valence-electron chi connectivity index (χ0n) is 21.9. The van der Waals surface area contributed by atoms with Crippen LogP contribution in [0, 0.1) is 13.8 Å². The number of likely N-dealkylation sites (N-methyl/N-ethyl adjacent to an activating group) is 2. The number of amides is 1. The zero-order chi connectivity index (χ0) is 25.6. The van der Waals surface area contributed by atoms with E-state index in [9.17, 15) is 13.2 Å². The summed E-state index contributed by atoms with van der Waals surface area (Å²) in [6.07, 6.45) is 4.35. The number of nitrogens with zero attached hydrogens (tertiary/aromatic N) is 3. The minimum absolute atomic E-state index is 0.0419. The van der Waals surface area contributed by atoms with Gasteiger partial charge in [-0.25, -0.2) is 8.42 Å². The molecule has 1 N–H and O–H groups in total. The first kappa shape index (κ1) is 27.9. The van der Waals surface area contributed by atoms with Crippen LogP contribution in [0.2, 0.25) is 0 Å². The van der Waals surface area contributed by atoms with Crippen LogP contribution in [-0.2, 0) is 19.6 Å². The van der Waals surface area contributed by atoms with Crippen molar-refractivity contribution in [3.63, 3.8) is 0 Å². The van der Waals surface area contributed by atoms with Crippen LogP contribution in [-0.4, -0.2) is 108 Å². The van der Waals surface area contributed by atoms with E-state index in [0.717, 1.165) is 45.4 Å². The number of aryl methyl sites for hydroxylation is 2. The summed E-state index contributed by atoms with van der Waals surface area (Å²) >= 11 is 0. The quantitative estimate of drug-likeness (QED) is 0.479. The lowest BCUT2D eigenvalue weighted by atomic mass is 9.88. The van der Waals surface area contributed by atoms with Crippen molar-refractivity contribution < 1.29 is 22.7 Å². The molecule has 3 rings (SSSR count). The predicted molar refractivity (Wildman–Crippen MR) is 136 cm³/mol. The SMILES string of the molecule is COc1cc(C)c(S(=O)(=O)N(C)CCOCC(=O)N(C)C2CCC[C@H](N3CCNCC3)C2)c(C)c1. The third-order valence-electron chi connectivity index (χ3n) is 7.34. The van der Waals surface area contributed by atoms with E-state index in [-0.39, 0.29) is 36.6 Å². The molecular weight excluding hydrogens is 468 g/mol. The Kier molecular flexibility index (Phi) is 9.94. The van der Waals surface area contributed by atoms with Gasteiger partial charge >= 0.3 is 0 Å². The summed E-state index contributed by atoms with van der Waals surface area (Å²) in [5, 5.41) is 3.40. The number of hydrogen-bond donors (Lipinski definition) is 1. The van der Waals surface area contributed by atoms with E-state index in [1.807, 2.05) is 11.9 Å². The normalized spacial score (nSPS) is 21.8. The molecule has 1 aliphatic carbocycles. The molecule has 1 aromatic rings. The summed E-state index contributed by atoms with van der Waals surface area (Å²) in [6, 6.07) is 4.20. The average Bonchev–Trinajstić information content (AvgIpc) is 2.85. The number of benzene rings is 1. The second kappa shape index (κ2) is 12.5. The van der Waals surface area contributed by atoms with Crippen molar-refractivity contribution in [2.45, 2.75) is 56.5 Å². The number of rotatable bonds is 10. The molecule has 1 amide bonds. The maximum absolute atomic E-state index is 13.1. The van der Waals surface area contributed by atoms with Gasteiger partial charge in [-0.3, -0.25) is 9.69 Å². The van der Waals surface area contributed by atoms with Gasteiger partial charge in [-0.2, -0.15) is 4.31 Å². The molecule has 2 atom stereocenters. The van der Waals surface area contributed by atoms with Crippen LogP contribution in [0.4, 0.5) is 0 Å². The van der Waals surface area contributed by atoms with Crippen LogP contribution >= 0.6 is 0 Å². The van der Waals surface area contributed by atoms with E-state index in [1.165, 1.54) is 17.8 Å². The van der Waals surface area contributed by atoms with Gasteiger partial charge in [0.15, 0.2) is 0 Å².